The first-order valence-corrected chi connectivity index (χ1v) is 10.7. The standard InChI is InChI=1S/C23H32O4/c1-16-2-10-21(11-3-16)27-23(24)19-6-4-17(5-7-19)18-8-12-20(13-9-18)25-14-22-15-26-22/h2-3,10-11,17-20,22H,4-9,12-15H2,1H3. The Kier molecular flexibility index (Phi) is 6.14. The van der Waals surface area contributed by atoms with Crippen LogP contribution in [-0.4, -0.2) is 31.4 Å². The van der Waals surface area contributed by atoms with Crippen LogP contribution >= 0.6 is 0 Å². The molecule has 1 atom stereocenters. The van der Waals surface area contributed by atoms with E-state index in [0.29, 0.717) is 18.0 Å². The van der Waals surface area contributed by atoms with E-state index in [4.69, 9.17) is 14.2 Å². The summed E-state index contributed by atoms with van der Waals surface area (Å²) >= 11 is 0. The third-order valence-corrected chi connectivity index (χ3v) is 6.65. The number of ether oxygens (including phenoxy) is 3. The maximum absolute atomic E-state index is 12.5. The molecule has 1 unspecified atom stereocenters. The number of esters is 1. The first-order valence-electron chi connectivity index (χ1n) is 10.7. The van der Waals surface area contributed by atoms with Gasteiger partial charge in [0.15, 0.2) is 0 Å². The van der Waals surface area contributed by atoms with E-state index in [0.717, 1.165) is 37.9 Å². The van der Waals surface area contributed by atoms with Crippen molar-refractivity contribution in [2.24, 2.45) is 17.8 Å². The van der Waals surface area contributed by atoms with Gasteiger partial charge in [-0.25, -0.2) is 0 Å². The summed E-state index contributed by atoms with van der Waals surface area (Å²) in [6.07, 6.45) is 10.0. The van der Waals surface area contributed by atoms with Crippen molar-refractivity contribution in [1.82, 2.24) is 0 Å². The number of carbonyl (C=O) groups excluding carboxylic acids is 1. The molecule has 0 bridgehead atoms. The summed E-state index contributed by atoms with van der Waals surface area (Å²) in [6, 6.07) is 7.73. The van der Waals surface area contributed by atoms with Crippen molar-refractivity contribution in [3.8, 4) is 5.75 Å². The van der Waals surface area contributed by atoms with E-state index in [1.165, 1.54) is 44.1 Å². The smallest absolute Gasteiger partial charge is 0.314 e. The van der Waals surface area contributed by atoms with Crippen LogP contribution in [0.5, 0.6) is 5.75 Å². The monoisotopic (exact) mass is 372 g/mol. The number of benzene rings is 1. The van der Waals surface area contributed by atoms with Crippen molar-refractivity contribution in [1.29, 1.82) is 0 Å². The number of hydrogen-bond acceptors (Lipinski definition) is 4. The molecule has 1 aromatic rings. The molecule has 1 heterocycles. The Morgan fingerprint density at radius 1 is 0.963 bits per heavy atom. The number of carbonyl (C=O) groups is 1. The minimum absolute atomic E-state index is 0.0447. The van der Waals surface area contributed by atoms with Gasteiger partial charge in [-0.3, -0.25) is 4.79 Å². The second kappa shape index (κ2) is 8.74. The highest BCUT2D eigenvalue weighted by molar-refractivity contribution is 5.75. The lowest BCUT2D eigenvalue weighted by molar-refractivity contribution is -0.140. The minimum Gasteiger partial charge on any atom is -0.426 e. The lowest BCUT2D eigenvalue weighted by atomic mass is 9.70. The zero-order valence-electron chi connectivity index (χ0n) is 16.4. The van der Waals surface area contributed by atoms with E-state index in [9.17, 15) is 4.79 Å². The fourth-order valence-corrected chi connectivity index (χ4v) is 4.77. The fourth-order valence-electron chi connectivity index (χ4n) is 4.77. The van der Waals surface area contributed by atoms with Gasteiger partial charge in [0, 0.05) is 0 Å². The average Bonchev–Trinajstić information content (AvgIpc) is 3.53. The summed E-state index contributed by atoms with van der Waals surface area (Å²) in [5, 5.41) is 0. The third kappa shape index (κ3) is 5.32. The molecule has 3 aliphatic rings. The molecule has 2 aliphatic carbocycles. The molecule has 4 nitrogen and oxygen atoms in total. The lowest BCUT2D eigenvalue weighted by Crippen LogP contribution is -2.31. The van der Waals surface area contributed by atoms with Crippen molar-refractivity contribution < 1.29 is 19.0 Å². The van der Waals surface area contributed by atoms with Crippen LogP contribution in [0.4, 0.5) is 0 Å². The average molecular weight is 373 g/mol. The molecule has 27 heavy (non-hydrogen) atoms. The van der Waals surface area contributed by atoms with E-state index in [1.807, 2.05) is 31.2 Å². The van der Waals surface area contributed by atoms with Crippen molar-refractivity contribution in [2.45, 2.75) is 70.5 Å². The van der Waals surface area contributed by atoms with Crippen LogP contribution in [0.1, 0.15) is 56.9 Å². The number of epoxide rings is 1. The molecule has 0 radical (unpaired) electrons. The van der Waals surface area contributed by atoms with Gasteiger partial charge in [-0.05, 0) is 82.3 Å². The van der Waals surface area contributed by atoms with Gasteiger partial charge < -0.3 is 14.2 Å². The number of hydrogen-bond donors (Lipinski definition) is 0. The van der Waals surface area contributed by atoms with Gasteiger partial charge in [0.05, 0.1) is 25.2 Å². The van der Waals surface area contributed by atoms with Gasteiger partial charge in [0.2, 0.25) is 0 Å². The van der Waals surface area contributed by atoms with Crippen LogP contribution in [0.25, 0.3) is 0 Å². The molecule has 148 valence electrons. The van der Waals surface area contributed by atoms with Crippen LogP contribution in [0.3, 0.4) is 0 Å². The van der Waals surface area contributed by atoms with Crippen LogP contribution in [0, 0.1) is 24.7 Å². The zero-order valence-corrected chi connectivity index (χ0v) is 16.4. The SMILES string of the molecule is Cc1ccc(OC(=O)C2CCC(C3CCC(OCC4CO4)CC3)CC2)cc1. The largest absolute Gasteiger partial charge is 0.426 e. The first-order chi connectivity index (χ1) is 13.2. The quantitative estimate of drug-likeness (QED) is 0.413. The Balaban J connectivity index is 1.17. The molecule has 2 saturated carbocycles. The number of aryl methyl sites for hydroxylation is 1. The minimum atomic E-state index is -0.0447. The number of rotatable bonds is 6. The Bertz CT molecular complexity index is 606. The normalized spacial score (nSPS) is 33.4. The van der Waals surface area contributed by atoms with Crippen LogP contribution in [-0.2, 0) is 14.3 Å². The van der Waals surface area contributed by atoms with Gasteiger partial charge in [0.1, 0.15) is 11.9 Å². The zero-order chi connectivity index (χ0) is 18.6. The molecular weight excluding hydrogens is 340 g/mol. The van der Waals surface area contributed by atoms with Crippen molar-refractivity contribution in [3.63, 3.8) is 0 Å². The molecule has 4 rings (SSSR count). The summed E-state index contributed by atoms with van der Waals surface area (Å²) in [7, 11) is 0. The van der Waals surface area contributed by atoms with Gasteiger partial charge in [-0.1, -0.05) is 17.7 Å². The molecule has 1 aromatic carbocycles. The van der Waals surface area contributed by atoms with Crippen molar-refractivity contribution >= 4 is 5.97 Å². The fraction of sp³-hybridized carbons (Fsp3) is 0.696. The summed E-state index contributed by atoms with van der Waals surface area (Å²) < 4.78 is 16.8. The molecule has 0 N–H and O–H groups in total. The van der Waals surface area contributed by atoms with E-state index < -0.39 is 0 Å². The summed E-state index contributed by atoms with van der Waals surface area (Å²) in [5.74, 6) is 2.29. The van der Waals surface area contributed by atoms with Crippen molar-refractivity contribution in [3.05, 3.63) is 29.8 Å². The van der Waals surface area contributed by atoms with Crippen LogP contribution in [0.2, 0.25) is 0 Å². The predicted octanol–water partition coefficient (Wildman–Crippen LogP) is 4.68. The maximum atomic E-state index is 12.5. The van der Waals surface area contributed by atoms with Crippen molar-refractivity contribution in [2.75, 3.05) is 13.2 Å². The molecule has 0 aromatic heterocycles. The highest BCUT2D eigenvalue weighted by Crippen LogP contribution is 2.41. The van der Waals surface area contributed by atoms with Gasteiger partial charge in [-0.15, -0.1) is 0 Å². The second-order valence-corrected chi connectivity index (χ2v) is 8.67. The van der Waals surface area contributed by atoms with Gasteiger partial charge in [-0.2, -0.15) is 0 Å². The topological polar surface area (TPSA) is 48.1 Å². The van der Waals surface area contributed by atoms with Gasteiger partial charge in [0.25, 0.3) is 0 Å². The van der Waals surface area contributed by atoms with E-state index in [1.54, 1.807) is 0 Å². The van der Waals surface area contributed by atoms with E-state index in [2.05, 4.69) is 0 Å². The molecule has 1 saturated heterocycles. The Morgan fingerprint density at radius 3 is 2.15 bits per heavy atom. The molecule has 1 aliphatic heterocycles. The van der Waals surface area contributed by atoms with Crippen LogP contribution < -0.4 is 4.74 Å². The Hall–Kier alpha value is -1.39. The highest BCUT2D eigenvalue weighted by atomic mass is 16.6. The summed E-state index contributed by atoms with van der Waals surface area (Å²) in [6.45, 7) is 3.70. The van der Waals surface area contributed by atoms with Crippen LogP contribution in [0.15, 0.2) is 24.3 Å². The second-order valence-electron chi connectivity index (χ2n) is 8.67. The Labute approximate surface area is 162 Å². The summed E-state index contributed by atoms with van der Waals surface area (Å²) in [4.78, 5) is 12.5. The Morgan fingerprint density at radius 2 is 1.56 bits per heavy atom. The van der Waals surface area contributed by atoms with Gasteiger partial charge >= 0.3 is 5.97 Å². The molecule has 0 amide bonds. The van der Waals surface area contributed by atoms with E-state index >= 15 is 0 Å². The summed E-state index contributed by atoms with van der Waals surface area (Å²) in [5.41, 5.74) is 1.18. The van der Waals surface area contributed by atoms with E-state index in [-0.39, 0.29) is 11.9 Å². The molecule has 4 heteroatoms. The lowest BCUT2D eigenvalue weighted by Gasteiger charge is -2.37. The molecule has 0 spiro atoms. The molecule has 3 fully saturated rings. The third-order valence-electron chi connectivity index (χ3n) is 6.65. The predicted molar refractivity (Wildman–Crippen MR) is 104 cm³/mol. The molecular formula is C23H32O4. The first kappa shape index (κ1) is 18.9. The highest BCUT2D eigenvalue weighted by Gasteiger charge is 2.34. The maximum Gasteiger partial charge on any atom is 0.314 e.